The molecule has 0 nitrogen and oxygen atoms in total. The fraction of sp³-hybridized carbons (Fsp3) is 0.500. The third-order valence-electron chi connectivity index (χ3n) is 1.50. The van der Waals surface area contributed by atoms with Crippen LogP contribution in [0.3, 0.4) is 0 Å². The van der Waals surface area contributed by atoms with Gasteiger partial charge in [-0.05, 0) is 0 Å². The van der Waals surface area contributed by atoms with Crippen LogP contribution >= 0.6 is 27.9 Å². The van der Waals surface area contributed by atoms with Gasteiger partial charge in [-0.15, -0.1) is 6.42 Å². The van der Waals surface area contributed by atoms with Crippen LogP contribution in [0.2, 0.25) is 19.6 Å². The van der Waals surface area contributed by atoms with Gasteiger partial charge in [0.15, 0.2) is 0 Å². The summed E-state index contributed by atoms with van der Waals surface area (Å²) >= 11 is -1.92. The van der Waals surface area contributed by atoms with Crippen LogP contribution < -0.4 is 0 Å². The van der Waals surface area contributed by atoms with Gasteiger partial charge in [0, 0.05) is 8.07 Å². The third kappa shape index (κ3) is 8.29. The van der Waals surface area contributed by atoms with E-state index in [1.807, 2.05) is 0 Å². The van der Waals surface area contributed by atoms with E-state index >= 15 is 0 Å². The molecule has 1 rings (SSSR count). The van der Waals surface area contributed by atoms with Crippen molar-refractivity contribution in [2.75, 3.05) is 0 Å². The van der Waals surface area contributed by atoms with Gasteiger partial charge in [0.1, 0.15) is 0 Å². The average Bonchev–Trinajstić information content (AvgIpc) is 2.31. The van der Waals surface area contributed by atoms with Crippen LogP contribution in [-0.2, 0) is 14.7 Å². The molecule has 0 atom stereocenters. The van der Waals surface area contributed by atoms with Crippen molar-refractivity contribution in [3.05, 3.63) is 23.4 Å². The van der Waals surface area contributed by atoms with Gasteiger partial charge in [-0.25, -0.2) is 11.3 Å². The normalized spacial score (nSPS) is 14.8. The molecule has 0 aliphatic heterocycles. The van der Waals surface area contributed by atoms with Crippen LogP contribution in [0.4, 0.5) is 0 Å². The fourth-order valence-corrected chi connectivity index (χ4v) is 2.17. The van der Waals surface area contributed by atoms with Crippen LogP contribution in [0.25, 0.3) is 0 Å². The maximum atomic E-state index is 4.97. The Morgan fingerprint density at radius 1 is 1.31 bits per heavy atom. The molecule has 0 aromatic heterocycles. The summed E-state index contributed by atoms with van der Waals surface area (Å²) in [7, 11) is 13.9. The molecule has 0 aromatic rings. The second-order valence-corrected chi connectivity index (χ2v) is 16.4. The average molecular weight is 292 g/mol. The standard InChI is InChI=1S/C8H13Si.3ClH.Ti/c1-9(2,3)8-6-4-5-7-8;;;;/h4,6H,5H2,1-3H3;3*1H;/q-1;;;;+4/p-3. The Bertz CT molecular complexity index is 203. The molecule has 0 heterocycles. The summed E-state index contributed by atoms with van der Waals surface area (Å²) in [5, 5.41) is 1.49. The van der Waals surface area contributed by atoms with Crippen LogP contribution in [-0.4, -0.2) is 8.07 Å². The predicted molar refractivity (Wildman–Crippen MR) is 61.4 cm³/mol. The number of allylic oxidation sites excluding steroid dienone is 4. The SMILES string of the molecule is C[Si](C)(C)C1=[C-]CC=C1.[Cl][Ti+]([Cl])[Cl]. The van der Waals surface area contributed by atoms with Crippen molar-refractivity contribution >= 4 is 36.0 Å². The summed E-state index contributed by atoms with van der Waals surface area (Å²) < 4.78 is 0. The molecule has 1 aliphatic rings. The number of halogens is 3. The quantitative estimate of drug-likeness (QED) is 0.488. The van der Waals surface area contributed by atoms with Crippen molar-refractivity contribution in [1.82, 2.24) is 0 Å². The van der Waals surface area contributed by atoms with E-state index in [2.05, 4.69) is 37.9 Å². The Kier molecular flexibility index (Phi) is 7.37. The van der Waals surface area contributed by atoms with E-state index in [1.165, 1.54) is 5.20 Å². The zero-order valence-corrected chi connectivity index (χ0v) is 12.8. The molecule has 0 radical (unpaired) electrons. The van der Waals surface area contributed by atoms with Crippen LogP contribution in [0.5, 0.6) is 0 Å². The van der Waals surface area contributed by atoms with E-state index < -0.39 is 22.8 Å². The third-order valence-corrected chi connectivity index (χ3v) is 3.46. The van der Waals surface area contributed by atoms with Gasteiger partial charge in [0.25, 0.3) is 0 Å². The summed E-state index contributed by atoms with van der Waals surface area (Å²) in [5.74, 6) is 0. The van der Waals surface area contributed by atoms with Crippen molar-refractivity contribution in [3.8, 4) is 0 Å². The molecule has 5 heteroatoms. The first-order valence-corrected chi connectivity index (χ1v) is 13.9. The van der Waals surface area contributed by atoms with E-state index in [0.29, 0.717) is 0 Å². The summed E-state index contributed by atoms with van der Waals surface area (Å²) in [5.41, 5.74) is 0. The Labute approximate surface area is 99.4 Å². The van der Waals surface area contributed by atoms with Crippen molar-refractivity contribution in [1.29, 1.82) is 0 Å². The Morgan fingerprint density at radius 2 is 1.77 bits per heavy atom. The molecule has 0 saturated carbocycles. The second-order valence-electron chi connectivity index (χ2n) is 3.66. The molecule has 13 heavy (non-hydrogen) atoms. The van der Waals surface area contributed by atoms with E-state index in [4.69, 9.17) is 27.9 Å². The van der Waals surface area contributed by atoms with Gasteiger partial charge in [-0.3, -0.25) is 6.08 Å². The maximum absolute atomic E-state index is 4.97. The summed E-state index contributed by atoms with van der Waals surface area (Å²) in [6.45, 7) is 7.06. The van der Waals surface area contributed by atoms with Crippen LogP contribution in [0, 0.1) is 6.08 Å². The number of rotatable bonds is 1. The van der Waals surface area contributed by atoms with Gasteiger partial charge < -0.3 is 0 Å². The molecule has 0 fully saturated rings. The molecule has 0 unspecified atom stereocenters. The molecule has 0 spiro atoms. The van der Waals surface area contributed by atoms with Crippen LogP contribution in [0.15, 0.2) is 17.3 Å². The van der Waals surface area contributed by atoms with E-state index in [0.717, 1.165) is 6.42 Å². The predicted octanol–water partition coefficient (Wildman–Crippen LogP) is 4.62. The van der Waals surface area contributed by atoms with Gasteiger partial charge in [0.2, 0.25) is 0 Å². The second kappa shape index (κ2) is 6.71. The fourth-order valence-electron chi connectivity index (χ4n) is 0.920. The molecule has 0 aromatic carbocycles. The molecule has 0 saturated heterocycles. The first kappa shape index (κ1) is 14.3. The molecular formula is C8H13Cl3SiTi. The molecule has 0 bridgehead atoms. The van der Waals surface area contributed by atoms with Gasteiger partial charge >= 0.3 is 42.6 Å². The van der Waals surface area contributed by atoms with Gasteiger partial charge in [-0.2, -0.15) is 6.08 Å². The minimum absolute atomic E-state index is 1.01. The van der Waals surface area contributed by atoms with E-state index in [1.54, 1.807) is 0 Å². The van der Waals surface area contributed by atoms with E-state index in [9.17, 15) is 0 Å². The molecule has 0 N–H and O–H groups in total. The summed E-state index contributed by atoms with van der Waals surface area (Å²) in [6, 6.07) is 0. The van der Waals surface area contributed by atoms with Crippen molar-refractivity contribution in [2.45, 2.75) is 26.1 Å². The van der Waals surface area contributed by atoms with Gasteiger partial charge in [0.05, 0.1) is 0 Å². The first-order valence-electron chi connectivity index (χ1n) is 3.95. The Morgan fingerprint density at radius 3 is 1.92 bits per heavy atom. The van der Waals surface area contributed by atoms with E-state index in [-0.39, 0.29) is 0 Å². The van der Waals surface area contributed by atoms with Crippen LogP contribution in [0.1, 0.15) is 6.42 Å². The summed E-state index contributed by atoms with van der Waals surface area (Å²) in [6.07, 6.45) is 8.82. The van der Waals surface area contributed by atoms with Gasteiger partial charge in [-0.1, -0.05) is 19.6 Å². The van der Waals surface area contributed by atoms with Crippen molar-refractivity contribution in [2.24, 2.45) is 0 Å². The molecule has 74 valence electrons. The molecule has 1 aliphatic carbocycles. The minimum atomic E-state index is -1.92. The number of hydrogen-bond acceptors (Lipinski definition) is 0. The summed E-state index contributed by atoms with van der Waals surface area (Å²) in [4.78, 5) is 0. The Balaban J connectivity index is 0.000000310. The molecular weight excluding hydrogens is 278 g/mol. The topological polar surface area (TPSA) is 0 Å². The zero-order valence-electron chi connectivity index (χ0n) is 8.00. The monoisotopic (exact) mass is 290 g/mol. The molecule has 0 amide bonds. The Hall–Kier alpha value is 1.28. The number of hydrogen-bond donors (Lipinski definition) is 0. The van der Waals surface area contributed by atoms with Crippen molar-refractivity contribution < 1.29 is 14.7 Å². The van der Waals surface area contributed by atoms with Crippen molar-refractivity contribution in [3.63, 3.8) is 0 Å². The first-order chi connectivity index (χ1) is 5.84. The zero-order chi connectivity index (χ0) is 10.5.